The molecule has 8 heteroatoms. The van der Waals surface area contributed by atoms with Crippen LogP contribution in [0.4, 0.5) is 0 Å². The summed E-state index contributed by atoms with van der Waals surface area (Å²) in [6.07, 6.45) is 2.18. The van der Waals surface area contributed by atoms with Gasteiger partial charge in [0.05, 0.1) is 22.2 Å². The summed E-state index contributed by atoms with van der Waals surface area (Å²) in [7, 11) is 0. The Kier molecular flexibility index (Phi) is 8.11. The number of halogens is 3. The van der Waals surface area contributed by atoms with E-state index in [1.807, 2.05) is 48.5 Å². The molecule has 5 rings (SSSR count). The zero-order chi connectivity index (χ0) is 26.7. The zero-order valence-electron chi connectivity index (χ0n) is 19.9. The summed E-state index contributed by atoms with van der Waals surface area (Å²) in [5.41, 5.74) is 5.53. The molecule has 1 fully saturated rings. The van der Waals surface area contributed by atoms with Crippen LogP contribution in [0, 0.1) is 9.49 Å². The normalized spacial score (nSPS) is 15.7. The number of carbonyl (C=O) groups is 2. The van der Waals surface area contributed by atoms with E-state index in [2.05, 4.69) is 89.2 Å². The van der Waals surface area contributed by atoms with E-state index in [0.29, 0.717) is 27.8 Å². The fourth-order valence-corrected chi connectivity index (χ4v) is 6.60. The Labute approximate surface area is 251 Å². The lowest BCUT2D eigenvalue weighted by Gasteiger charge is -2.18. The van der Waals surface area contributed by atoms with Gasteiger partial charge >= 0.3 is 5.97 Å². The largest absolute Gasteiger partial charge is 0.421 e. The Bertz CT molecular complexity index is 1490. The molecule has 1 amide bonds. The predicted octanol–water partition coefficient (Wildman–Crippen LogP) is 7.49. The Balaban J connectivity index is 1.36. The van der Waals surface area contributed by atoms with Crippen LogP contribution in [-0.4, -0.2) is 18.1 Å². The fourth-order valence-electron chi connectivity index (χ4n) is 4.66. The summed E-state index contributed by atoms with van der Waals surface area (Å²) in [6, 6.07) is 31.0. The average Bonchev–Trinajstić information content (AvgIpc) is 3.69. The Morgan fingerprint density at radius 3 is 2.16 bits per heavy atom. The van der Waals surface area contributed by atoms with Crippen molar-refractivity contribution < 1.29 is 14.3 Å². The molecule has 0 spiro atoms. The van der Waals surface area contributed by atoms with Crippen molar-refractivity contribution in [2.24, 2.45) is 11.0 Å². The molecule has 1 saturated carbocycles. The van der Waals surface area contributed by atoms with Crippen molar-refractivity contribution >= 4 is 72.5 Å². The van der Waals surface area contributed by atoms with Gasteiger partial charge in [0.1, 0.15) is 0 Å². The van der Waals surface area contributed by atoms with Gasteiger partial charge in [0.15, 0.2) is 5.75 Å². The van der Waals surface area contributed by atoms with Gasteiger partial charge < -0.3 is 4.74 Å². The molecule has 190 valence electrons. The second-order valence-corrected chi connectivity index (χ2v) is 11.8. The maximum atomic E-state index is 13.2. The van der Waals surface area contributed by atoms with Gasteiger partial charge in [-0.25, -0.2) is 10.2 Å². The van der Waals surface area contributed by atoms with Gasteiger partial charge in [-0.2, -0.15) is 5.10 Å². The van der Waals surface area contributed by atoms with E-state index >= 15 is 0 Å². The molecule has 4 aromatic rings. The highest BCUT2D eigenvalue weighted by atomic mass is 127. The van der Waals surface area contributed by atoms with Crippen LogP contribution in [0.3, 0.4) is 0 Å². The quantitative estimate of drug-likeness (QED) is 0.0702. The molecule has 1 aliphatic carbocycles. The lowest BCUT2D eigenvalue weighted by molar-refractivity contribution is -0.122. The van der Waals surface area contributed by atoms with E-state index in [0.717, 1.165) is 19.2 Å². The third kappa shape index (κ3) is 5.48. The number of nitrogens with zero attached hydrogens (tertiary/aromatic N) is 1. The molecule has 1 aliphatic rings. The van der Waals surface area contributed by atoms with Crippen LogP contribution in [-0.2, 0) is 10.2 Å². The van der Waals surface area contributed by atoms with Gasteiger partial charge in [0, 0.05) is 19.0 Å². The van der Waals surface area contributed by atoms with E-state index in [1.165, 1.54) is 6.21 Å². The van der Waals surface area contributed by atoms with Crippen molar-refractivity contribution in [2.75, 3.05) is 0 Å². The third-order valence-electron chi connectivity index (χ3n) is 6.56. The first-order chi connectivity index (χ1) is 18.4. The van der Waals surface area contributed by atoms with Crippen molar-refractivity contribution in [1.29, 1.82) is 0 Å². The smallest absolute Gasteiger partial charge is 0.344 e. The van der Waals surface area contributed by atoms with Crippen molar-refractivity contribution in [3.05, 3.63) is 132 Å². The summed E-state index contributed by atoms with van der Waals surface area (Å²) < 4.78 is 7.88. The standard InChI is InChI=1S/C30H21Br2IN2O3/c31-22-15-19(27(25(32)16-22)38-29(37)23-13-7-8-14-26(23)33)18-34-35-28(36)24-17-30(24,20-9-3-1-4-10-20)21-11-5-2-6-12-21/h1-16,18,24H,17H2,(H,35,36)/b34-18+. The predicted molar refractivity (Wildman–Crippen MR) is 163 cm³/mol. The Morgan fingerprint density at radius 1 is 0.921 bits per heavy atom. The molecule has 0 radical (unpaired) electrons. The van der Waals surface area contributed by atoms with Gasteiger partial charge in [-0.05, 0) is 80.3 Å². The molecule has 1 atom stereocenters. The number of hydrazone groups is 1. The van der Waals surface area contributed by atoms with Crippen LogP contribution >= 0.6 is 54.5 Å². The molecule has 0 saturated heterocycles. The lowest BCUT2D eigenvalue weighted by Crippen LogP contribution is -2.25. The number of hydrogen-bond donors (Lipinski definition) is 1. The number of benzene rings is 4. The van der Waals surface area contributed by atoms with Gasteiger partial charge in [-0.3, -0.25) is 4.79 Å². The minimum absolute atomic E-state index is 0.166. The summed E-state index contributed by atoms with van der Waals surface area (Å²) in [5.74, 6) is -0.591. The van der Waals surface area contributed by atoms with Crippen molar-refractivity contribution in [2.45, 2.75) is 11.8 Å². The summed E-state index contributed by atoms with van der Waals surface area (Å²) >= 11 is 9.05. The van der Waals surface area contributed by atoms with Crippen LogP contribution in [0.1, 0.15) is 33.5 Å². The van der Waals surface area contributed by atoms with Crippen molar-refractivity contribution in [3.63, 3.8) is 0 Å². The molecule has 0 aliphatic heterocycles. The van der Waals surface area contributed by atoms with Crippen LogP contribution < -0.4 is 10.2 Å². The Hall–Kier alpha value is -2.82. The number of ether oxygens (including phenoxy) is 1. The highest BCUT2D eigenvalue weighted by Gasteiger charge is 2.60. The number of hydrogen-bond acceptors (Lipinski definition) is 4. The monoisotopic (exact) mass is 742 g/mol. The van der Waals surface area contributed by atoms with Crippen molar-refractivity contribution in [3.8, 4) is 5.75 Å². The van der Waals surface area contributed by atoms with E-state index in [1.54, 1.807) is 24.3 Å². The second kappa shape index (κ2) is 11.5. The van der Waals surface area contributed by atoms with Gasteiger partial charge in [-0.15, -0.1) is 0 Å². The number of nitrogens with one attached hydrogen (secondary N) is 1. The highest BCUT2D eigenvalue weighted by Crippen LogP contribution is 2.58. The molecular weight excluding hydrogens is 723 g/mol. The first-order valence-corrected chi connectivity index (χ1v) is 14.5. The molecule has 0 heterocycles. The molecule has 4 aromatic carbocycles. The third-order valence-corrected chi connectivity index (χ3v) is 8.55. The highest BCUT2D eigenvalue weighted by molar-refractivity contribution is 14.1. The number of carbonyl (C=O) groups excluding carboxylic acids is 2. The van der Waals surface area contributed by atoms with E-state index < -0.39 is 5.97 Å². The van der Waals surface area contributed by atoms with Crippen LogP contribution in [0.2, 0.25) is 0 Å². The number of esters is 1. The van der Waals surface area contributed by atoms with Crippen molar-refractivity contribution in [1.82, 2.24) is 5.43 Å². The van der Waals surface area contributed by atoms with E-state index in [9.17, 15) is 9.59 Å². The fraction of sp³-hybridized carbons (Fsp3) is 0.100. The molecule has 5 nitrogen and oxygen atoms in total. The average molecular weight is 744 g/mol. The molecule has 0 aromatic heterocycles. The minimum atomic E-state index is -0.481. The summed E-state index contributed by atoms with van der Waals surface area (Å²) in [6.45, 7) is 0. The van der Waals surface area contributed by atoms with Crippen LogP contribution in [0.25, 0.3) is 0 Å². The van der Waals surface area contributed by atoms with E-state index in [-0.39, 0.29) is 17.2 Å². The topological polar surface area (TPSA) is 67.8 Å². The van der Waals surface area contributed by atoms with E-state index in [4.69, 9.17) is 4.74 Å². The summed E-state index contributed by atoms with van der Waals surface area (Å²) in [4.78, 5) is 26.1. The minimum Gasteiger partial charge on any atom is -0.421 e. The molecule has 0 bridgehead atoms. The maximum Gasteiger partial charge on any atom is 0.344 e. The zero-order valence-corrected chi connectivity index (χ0v) is 25.2. The molecule has 38 heavy (non-hydrogen) atoms. The molecule has 1 unspecified atom stereocenters. The molecular formula is C30H21Br2IN2O3. The Morgan fingerprint density at radius 2 is 1.53 bits per heavy atom. The van der Waals surface area contributed by atoms with Gasteiger partial charge in [-0.1, -0.05) is 88.7 Å². The lowest BCUT2D eigenvalue weighted by atomic mass is 9.85. The van der Waals surface area contributed by atoms with Crippen LogP contribution in [0.5, 0.6) is 5.75 Å². The molecule has 1 N–H and O–H groups in total. The van der Waals surface area contributed by atoms with Crippen LogP contribution in [0.15, 0.2) is 111 Å². The van der Waals surface area contributed by atoms with Gasteiger partial charge in [0.2, 0.25) is 5.91 Å². The second-order valence-electron chi connectivity index (χ2n) is 8.87. The first-order valence-electron chi connectivity index (χ1n) is 11.8. The van der Waals surface area contributed by atoms with Gasteiger partial charge in [0.25, 0.3) is 0 Å². The maximum absolute atomic E-state index is 13.2. The SMILES string of the molecule is O=C(Oc1c(Br)cc(Br)cc1/C=N/NC(=O)C1CC1(c1ccccc1)c1ccccc1)c1ccccc1I. The number of amides is 1. The number of rotatable bonds is 7. The summed E-state index contributed by atoms with van der Waals surface area (Å²) in [5, 5.41) is 4.24. The first kappa shape index (κ1) is 26.8.